The Morgan fingerprint density at radius 3 is 2.57 bits per heavy atom. The summed E-state index contributed by atoms with van der Waals surface area (Å²) in [5.41, 5.74) is 3.82. The van der Waals surface area contributed by atoms with Crippen LogP contribution in [0.5, 0.6) is 0 Å². The second-order valence-electron chi connectivity index (χ2n) is 7.33. The van der Waals surface area contributed by atoms with Crippen LogP contribution in [-0.4, -0.2) is 54.6 Å². The average Bonchev–Trinajstić information content (AvgIpc) is 2.99. The van der Waals surface area contributed by atoms with Gasteiger partial charge in [0.1, 0.15) is 5.82 Å². The first kappa shape index (κ1) is 18.4. The molecule has 0 aliphatic carbocycles. The summed E-state index contributed by atoms with van der Waals surface area (Å²) in [6, 6.07) is 11.5. The van der Waals surface area contributed by atoms with Gasteiger partial charge in [0, 0.05) is 17.3 Å². The molecule has 0 atom stereocenters. The molecule has 6 heteroatoms. The third-order valence-corrected chi connectivity index (χ3v) is 5.40. The van der Waals surface area contributed by atoms with Crippen LogP contribution < -0.4 is 4.90 Å². The monoisotopic (exact) mass is 379 g/mol. The molecule has 1 fully saturated rings. The van der Waals surface area contributed by atoms with Crippen molar-refractivity contribution in [1.82, 2.24) is 9.41 Å². The summed E-state index contributed by atoms with van der Waals surface area (Å²) in [4.78, 5) is 14.7. The van der Waals surface area contributed by atoms with Crippen molar-refractivity contribution in [2.45, 2.75) is 6.92 Å². The van der Waals surface area contributed by atoms with Gasteiger partial charge in [0.2, 0.25) is 5.78 Å². The van der Waals surface area contributed by atoms with E-state index >= 15 is 0 Å². The zero-order valence-electron chi connectivity index (χ0n) is 16.2. The molecule has 28 heavy (non-hydrogen) atoms. The fraction of sp³-hybridized carbons (Fsp3) is 0.273. The van der Waals surface area contributed by atoms with Crippen LogP contribution in [-0.2, 0) is 0 Å². The number of nitrogens with zero attached hydrogens (tertiary/aromatic N) is 3. The number of aromatic nitrogens is 1. The molecule has 1 saturated heterocycles. The Morgan fingerprint density at radius 2 is 1.86 bits per heavy atom. The van der Waals surface area contributed by atoms with Crippen LogP contribution in [0.15, 0.2) is 53.8 Å². The lowest BCUT2D eigenvalue weighted by atomic mass is 10.0. The lowest BCUT2D eigenvalue weighted by Gasteiger charge is -2.27. The van der Waals surface area contributed by atoms with Gasteiger partial charge in [-0.15, -0.1) is 0 Å². The number of quaternary nitrogens is 1. The summed E-state index contributed by atoms with van der Waals surface area (Å²) >= 11 is 0. The molecule has 0 bridgehead atoms. The summed E-state index contributed by atoms with van der Waals surface area (Å²) in [5.74, 6) is -0.475. The number of hydrogen-bond acceptors (Lipinski definition) is 3. The van der Waals surface area contributed by atoms with Crippen molar-refractivity contribution in [3.8, 4) is 0 Å². The van der Waals surface area contributed by atoms with Gasteiger partial charge in [-0.2, -0.15) is 5.10 Å². The first-order chi connectivity index (χ1) is 13.5. The zero-order chi connectivity index (χ0) is 19.7. The predicted octanol–water partition coefficient (Wildman–Crippen LogP) is 1.78. The van der Waals surface area contributed by atoms with Crippen LogP contribution in [0.25, 0.3) is 5.52 Å². The summed E-state index contributed by atoms with van der Waals surface area (Å²) in [5, 5.41) is 6.76. The lowest BCUT2D eigenvalue weighted by molar-refractivity contribution is -0.884. The summed E-state index contributed by atoms with van der Waals surface area (Å²) in [6.07, 6.45) is 3.75. The van der Waals surface area contributed by atoms with Crippen molar-refractivity contribution in [2.75, 3.05) is 33.2 Å². The highest BCUT2D eigenvalue weighted by Gasteiger charge is 2.21. The molecule has 0 radical (unpaired) electrons. The number of piperazine rings is 1. The van der Waals surface area contributed by atoms with Crippen molar-refractivity contribution < 1.29 is 14.1 Å². The van der Waals surface area contributed by atoms with Gasteiger partial charge < -0.3 is 9.30 Å². The number of halogens is 1. The van der Waals surface area contributed by atoms with Crippen molar-refractivity contribution in [3.05, 3.63) is 76.9 Å². The third-order valence-electron chi connectivity index (χ3n) is 5.40. The van der Waals surface area contributed by atoms with Crippen LogP contribution >= 0.6 is 0 Å². The minimum Gasteiger partial charge on any atom is -0.334 e. The quantitative estimate of drug-likeness (QED) is 0.555. The van der Waals surface area contributed by atoms with Gasteiger partial charge >= 0.3 is 0 Å². The molecular formula is C22H24FN4O+. The molecule has 1 aromatic carbocycles. The molecule has 144 valence electrons. The first-order valence-corrected chi connectivity index (χ1v) is 9.54. The van der Waals surface area contributed by atoms with E-state index in [9.17, 15) is 9.18 Å². The van der Waals surface area contributed by atoms with E-state index < -0.39 is 0 Å². The average molecular weight is 379 g/mol. The van der Waals surface area contributed by atoms with Gasteiger partial charge in [-0.1, -0.05) is 6.07 Å². The number of hydrogen-bond donors (Lipinski definition) is 1. The lowest BCUT2D eigenvalue weighted by Crippen LogP contribution is -3.11. The minimum absolute atomic E-state index is 0.124. The highest BCUT2D eigenvalue weighted by Crippen LogP contribution is 2.24. The van der Waals surface area contributed by atoms with Crippen LogP contribution in [0.4, 0.5) is 4.39 Å². The van der Waals surface area contributed by atoms with E-state index in [4.69, 9.17) is 0 Å². The van der Waals surface area contributed by atoms with Gasteiger partial charge in [0.25, 0.3) is 0 Å². The van der Waals surface area contributed by atoms with E-state index in [0.29, 0.717) is 11.3 Å². The van der Waals surface area contributed by atoms with Crippen molar-refractivity contribution in [2.24, 2.45) is 5.10 Å². The van der Waals surface area contributed by atoms with Crippen LogP contribution in [0.1, 0.15) is 27.2 Å². The zero-order valence-corrected chi connectivity index (χ0v) is 16.2. The number of fused-ring (bicyclic) bond motifs is 1. The van der Waals surface area contributed by atoms with E-state index in [0.717, 1.165) is 42.8 Å². The molecular weight excluding hydrogens is 355 g/mol. The van der Waals surface area contributed by atoms with Gasteiger partial charge in [-0.3, -0.25) is 9.80 Å². The highest BCUT2D eigenvalue weighted by molar-refractivity contribution is 6.11. The van der Waals surface area contributed by atoms with Gasteiger partial charge in [0.15, 0.2) is 0 Å². The molecule has 0 unspecified atom stereocenters. The van der Waals surface area contributed by atoms with Crippen molar-refractivity contribution in [1.29, 1.82) is 0 Å². The van der Waals surface area contributed by atoms with Crippen LogP contribution in [0, 0.1) is 12.7 Å². The number of likely N-dealkylation sites (N-methyl/N-ethyl adjacent to an activating group) is 1. The number of benzene rings is 1. The number of carbonyl (C=O) groups excluding carboxylic acids is 1. The van der Waals surface area contributed by atoms with E-state index in [1.165, 1.54) is 29.2 Å². The molecule has 4 rings (SSSR count). The summed E-state index contributed by atoms with van der Waals surface area (Å²) < 4.78 is 15.1. The Balaban J connectivity index is 1.73. The number of pyridine rings is 1. The van der Waals surface area contributed by atoms with E-state index in [-0.39, 0.29) is 11.6 Å². The molecule has 0 amide bonds. The Kier molecular flexibility index (Phi) is 4.96. The fourth-order valence-corrected chi connectivity index (χ4v) is 3.67. The Morgan fingerprint density at radius 1 is 1.14 bits per heavy atom. The van der Waals surface area contributed by atoms with E-state index in [2.05, 4.69) is 17.2 Å². The molecule has 1 N–H and O–H groups in total. The van der Waals surface area contributed by atoms with Gasteiger partial charge in [0.05, 0.1) is 50.7 Å². The number of rotatable bonds is 4. The second-order valence-corrected chi connectivity index (χ2v) is 7.33. The highest BCUT2D eigenvalue weighted by atomic mass is 19.1. The molecule has 3 aromatic rings. The molecule has 1 aliphatic heterocycles. The molecule has 2 aromatic heterocycles. The Labute approximate surface area is 163 Å². The Hall–Kier alpha value is -2.99. The van der Waals surface area contributed by atoms with E-state index in [1.54, 1.807) is 0 Å². The number of hydrazone groups is 1. The number of ketones is 1. The standard InChI is InChI=1S/C22H23FN4O/c1-16-19(15-24-26-13-11-25(2)12-14-26)20-5-3-4-10-27(20)21(16)22(28)17-6-8-18(23)9-7-17/h3-10,15H,11-14H2,1-2H3/p+1/b24-15-. The predicted molar refractivity (Wildman–Crippen MR) is 108 cm³/mol. The van der Waals surface area contributed by atoms with Crippen molar-refractivity contribution >= 4 is 17.5 Å². The number of nitrogens with one attached hydrogen (secondary N) is 1. The minimum atomic E-state index is -0.352. The molecule has 0 spiro atoms. The third kappa shape index (κ3) is 3.43. The molecule has 1 aliphatic rings. The SMILES string of the molecule is Cc1c(/C=N\N2CC[NH+](C)CC2)c2ccccn2c1C(=O)c1ccc(F)cc1. The van der Waals surface area contributed by atoms with Crippen LogP contribution in [0.2, 0.25) is 0 Å². The largest absolute Gasteiger partial charge is 0.334 e. The van der Waals surface area contributed by atoms with Gasteiger partial charge in [-0.05, 0) is 48.9 Å². The molecule has 3 heterocycles. The molecule has 0 saturated carbocycles. The second kappa shape index (κ2) is 7.56. The summed E-state index contributed by atoms with van der Waals surface area (Å²) in [6.45, 7) is 5.94. The maximum atomic E-state index is 13.3. The van der Waals surface area contributed by atoms with Crippen LogP contribution in [0.3, 0.4) is 0 Å². The van der Waals surface area contributed by atoms with E-state index in [1.807, 2.05) is 41.9 Å². The smallest absolute Gasteiger partial charge is 0.210 e. The number of carbonyl (C=O) groups is 1. The topological polar surface area (TPSA) is 41.5 Å². The Bertz CT molecular complexity index is 1030. The summed E-state index contributed by atoms with van der Waals surface area (Å²) in [7, 11) is 2.19. The molecule has 5 nitrogen and oxygen atoms in total. The fourth-order valence-electron chi connectivity index (χ4n) is 3.67. The van der Waals surface area contributed by atoms with Crippen molar-refractivity contribution in [3.63, 3.8) is 0 Å². The normalized spacial score (nSPS) is 15.6. The first-order valence-electron chi connectivity index (χ1n) is 9.54. The maximum absolute atomic E-state index is 13.3. The maximum Gasteiger partial charge on any atom is 0.210 e. The van der Waals surface area contributed by atoms with Gasteiger partial charge in [-0.25, -0.2) is 4.39 Å².